The first-order valence-corrected chi connectivity index (χ1v) is 11.5. The van der Waals surface area contributed by atoms with Crippen LogP contribution in [0.15, 0.2) is 71.2 Å². The van der Waals surface area contributed by atoms with E-state index >= 15 is 0 Å². The van der Waals surface area contributed by atoms with Crippen molar-refractivity contribution >= 4 is 34.9 Å². The van der Waals surface area contributed by atoms with Crippen LogP contribution in [0, 0.1) is 11.3 Å². The lowest BCUT2D eigenvalue weighted by atomic mass is 9.81. The van der Waals surface area contributed by atoms with Gasteiger partial charge in [-0.1, -0.05) is 41.9 Å². The lowest BCUT2D eigenvalue weighted by molar-refractivity contribution is -0.139. The van der Waals surface area contributed by atoms with Crippen molar-refractivity contribution in [2.45, 2.75) is 18.8 Å². The van der Waals surface area contributed by atoms with Crippen molar-refractivity contribution < 1.29 is 19.1 Å². The molecule has 180 valence electrons. The molecule has 0 aromatic heterocycles. The molecule has 2 aliphatic rings. The van der Waals surface area contributed by atoms with E-state index in [1.54, 1.807) is 36.4 Å². The molecule has 1 atom stereocenters. The van der Waals surface area contributed by atoms with Crippen LogP contribution in [0.5, 0.6) is 0 Å². The summed E-state index contributed by atoms with van der Waals surface area (Å²) in [5, 5.41) is 10.6. The Balaban J connectivity index is 1.96. The maximum absolute atomic E-state index is 13.1. The number of hydrogen-bond donors (Lipinski definition) is 1. The SMILES string of the molecule is COC(=O)C1=C(C(=O)OC)N(c2ccc(N3CCCC3)c(Cl)c2)C(N)=C(C#N)C1c1ccccc1. The van der Waals surface area contributed by atoms with Crippen LogP contribution >= 0.6 is 11.6 Å². The van der Waals surface area contributed by atoms with Crippen LogP contribution in [-0.2, 0) is 19.1 Å². The van der Waals surface area contributed by atoms with Crippen LogP contribution in [-0.4, -0.2) is 39.2 Å². The molecule has 1 unspecified atom stereocenters. The van der Waals surface area contributed by atoms with Crippen molar-refractivity contribution in [1.29, 1.82) is 5.26 Å². The van der Waals surface area contributed by atoms with Gasteiger partial charge < -0.3 is 20.1 Å². The lowest BCUT2D eigenvalue weighted by Gasteiger charge is -2.36. The van der Waals surface area contributed by atoms with Crippen LogP contribution in [0.3, 0.4) is 0 Å². The topological polar surface area (TPSA) is 109 Å². The van der Waals surface area contributed by atoms with Crippen LogP contribution < -0.4 is 15.5 Å². The average molecular weight is 493 g/mol. The number of nitriles is 1. The number of benzene rings is 2. The van der Waals surface area contributed by atoms with E-state index in [-0.39, 0.29) is 22.7 Å². The summed E-state index contributed by atoms with van der Waals surface area (Å²) in [7, 11) is 2.43. The van der Waals surface area contributed by atoms with Crippen molar-refractivity contribution in [3.63, 3.8) is 0 Å². The number of anilines is 2. The van der Waals surface area contributed by atoms with Gasteiger partial charge in [0.05, 0.1) is 48.1 Å². The largest absolute Gasteiger partial charge is 0.466 e. The fraction of sp³-hybridized carbons (Fsp3) is 0.269. The van der Waals surface area contributed by atoms with Gasteiger partial charge in [-0.3, -0.25) is 4.90 Å². The first kappa shape index (κ1) is 24.2. The molecule has 1 saturated heterocycles. The maximum Gasteiger partial charge on any atom is 0.355 e. The van der Waals surface area contributed by atoms with Crippen molar-refractivity contribution in [2.75, 3.05) is 37.1 Å². The van der Waals surface area contributed by atoms with Gasteiger partial charge >= 0.3 is 11.9 Å². The summed E-state index contributed by atoms with van der Waals surface area (Å²) in [4.78, 5) is 29.8. The van der Waals surface area contributed by atoms with Crippen LogP contribution in [0.25, 0.3) is 0 Å². The number of esters is 2. The second kappa shape index (κ2) is 10.1. The van der Waals surface area contributed by atoms with Gasteiger partial charge in [0.15, 0.2) is 0 Å². The molecule has 35 heavy (non-hydrogen) atoms. The molecule has 2 heterocycles. The molecule has 2 aromatic rings. The molecule has 2 aromatic carbocycles. The molecular weight excluding hydrogens is 468 g/mol. The quantitative estimate of drug-likeness (QED) is 0.627. The monoisotopic (exact) mass is 492 g/mol. The smallest absolute Gasteiger partial charge is 0.355 e. The highest BCUT2D eigenvalue weighted by Crippen LogP contribution is 2.44. The first-order valence-electron chi connectivity index (χ1n) is 11.1. The molecule has 0 bridgehead atoms. The van der Waals surface area contributed by atoms with Crippen molar-refractivity contribution in [3.8, 4) is 6.07 Å². The molecule has 1 fully saturated rings. The normalized spacial score (nSPS) is 17.9. The average Bonchev–Trinajstić information content (AvgIpc) is 3.42. The van der Waals surface area contributed by atoms with Crippen molar-refractivity contribution in [2.24, 2.45) is 5.73 Å². The minimum atomic E-state index is -0.918. The summed E-state index contributed by atoms with van der Waals surface area (Å²) in [6, 6.07) is 16.3. The number of nitrogens with two attached hydrogens (primary N) is 1. The van der Waals surface area contributed by atoms with E-state index < -0.39 is 17.9 Å². The number of methoxy groups -OCH3 is 2. The molecule has 0 aliphatic carbocycles. The predicted molar refractivity (Wildman–Crippen MR) is 132 cm³/mol. The summed E-state index contributed by atoms with van der Waals surface area (Å²) in [5.41, 5.74) is 8.34. The van der Waals surface area contributed by atoms with Gasteiger partial charge in [0.25, 0.3) is 0 Å². The zero-order chi connectivity index (χ0) is 25.1. The van der Waals surface area contributed by atoms with E-state index in [4.69, 9.17) is 26.8 Å². The van der Waals surface area contributed by atoms with E-state index in [2.05, 4.69) is 11.0 Å². The third-order valence-corrected chi connectivity index (χ3v) is 6.55. The summed E-state index contributed by atoms with van der Waals surface area (Å²) >= 11 is 6.64. The van der Waals surface area contributed by atoms with Crippen molar-refractivity contribution in [1.82, 2.24) is 0 Å². The molecule has 0 saturated carbocycles. The standard InChI is InChI=1S/C26H25ClN4O4/c1-34-25(32)22-21(16-8-4-3-5-9-16)18(15-28)24(29)31(23(22)26(33)35-2)17-10-11-20(19(27)14-17)30-12-6-7-13-30/h3-5,8-11,14,21H,6-7,12-13,29H2,1-2H3. The number of hydrogen-bond acceptors (Lipinski definition) is 8. The van der Waals surface area contributed by atoms with Gasteiger partial charge in [0.2, 0.25) is 0 Å². The Labute approximate surface area is 208 Å². The fourth-order valence-corrected chi connectivity index (χ4v) is 4.93. The zero-order valence-corrected chi connectivity index (χ0v) is 20.2. The number of ether oxygens (including phenoxy) is 2. The molecule has 4 rings (SSSR count). The molecule has 0 radical (unpaired) electrons. The van der Waals surface area contributed by atoms with Gasteiger partial charge in [0.1, 0.15) is 11.5 Å². The molecule has 9 heteroatoms. The van der Waals surface area contributed by atoms with Crippen LogP contribution in [0.2, 0.25) is 5.02 Å². The third-order valence-electron chi connectivity index (χ3n) is 6.25. The highest BCUT2D eigenvalue weighted by Gasteiger charge is 2.43. The van der Waals surface area contributed by atoms with Crippen LogP contribution in [0.4, 0.5) is 11.4 Å². The predicted octanol–water partition coefficient (Wildman–Crippen LogP) is 3.84. The fourth-order valence-electron chi connectivity index (χ4n) is 4.63. The highest BCUT2D eigenvalue weighted by atomic mass is 35.5. The van der Waals surface area contributed by atoms with E-state index in [1.807, 2.05) is 12.1 Å². The van der Waals surface area contributed by atoms with Gasteiger partial charge in [-0.05, 0) is 36.6 Å². The van der Waals surface area contributed by atoms with Gasteiger partial charge in [0, 0.05) is 18.8 Å². The minimum absolute atomic E-state index is 0.000560. The van der Waals surface area contributed by atoms with Gasteiger partial charge in [-0.25, -0.2) is 9.59 Å². The summed E-state index contributed by atoms with van der Waals surface area (Å²) < 4.78 is 10.1. The second-order valence-electron chi connectivity index (χ2n) is 8.17. The number of nitrogens with zero attached hydrogens (tertiary/aromatic N) is 3. The zero-order valence-electron chi connectivity index (χ0n) is 19.5. The second-order valence-corrected chi connectivity index (χ2v) is 8.57. The first-order chi connectivity index (χ1) is 16.9. The molecular formula is C26H25ClN4O4. The minimum Gasteiger partial charge on any atom is -0.466 e. The number of rotatable bonds is 5. The molecule has 2 aliphatic heterocycles. The number of carbonyl (C=O) groups is 2. The Kier molecular flexibility index (Phi) is 6.99. The number of allylic oxidation sites excluding steroid dienone is 1. The molecule has 0 spiro atoms. The molecule has 8 nitrogen and oxygen atoms in total. The Hall–Kier alpha value is -3.96. The Morgan fingerprint density at radius 3 is 2.29 bits per heavy atom. The van der Waals surface area contributed by atoms with E-state index in [9.17, 15) is 14.9 Å². The van der Waals surface area contributed by atoms with Crippen LogP contribution in [0.1, 0.15) is 24.3 Å². The molecule has 0 amide bonds. The summed E-state index contributed by atoms with van der Waals surface area (Å²) in [6.45, 7) is 1.81. The summed E-state index contributed by atoms with van der Waals surface area (Å²) in [6.07, 6.45) is 2.17. The maximum atomic E-state index is 13.1. The van der Waals surface area contributed by atoms with E-state index in [0.29, 0.717) is 16.3 Å². The number of halogens is 1. The summed E-state index contributed by atoms with van der Waals surface area (Å²) in [5.74, 6) is -2.49. The van der Waals surface area contributed by atoms with E-state index in [0.717, 1.165) is 31.6 Å². The molecule has 2 N–H and O–H groups in total. The van der Waals surface area contributed by atoms with Gasteiger partial charge in [-0.2, -0.15) is 5.26 Å². The third kappa shape index (κ3) is 4.31. The Morgan fingerprint density at radius 1 is 1.06 bits per heavy atom. The van der Waals surface area contributed by atoms with Crippen molar-refractivity contribution in [3.05, 3.63) is 81.8 Å². The highest BCUT2D eigenvalue weighted by molar-refractivity contribution is 6.33. The number of carbonyl (C=O) groups excluding carboxylic acids is 2. The Bertz CT molecular complexity index is 1260. The lowest BCUT2D eigenvalue weighted by Crippen LogP contribution is -2.40. The van der Waals surface area contributed by atoms with Gasteiger partial charge in [-0.15, -0.1) is 0 Å². The Morgan fingerprint density at radius 2 is 1.71 bits per heavy atom. The van der Waals surface area contributed by atoms with E-state index in [1.165, 1.54) is 19.1 Å².